The zero-order chi connectivity index (χ0) is 17.2. The SMILES string of the molecule is COc1ccc(S(=O)(=O)Nc2c(C)cccc2C(C)C)cc1C. The summed E-state index contributed by atoms with van der Waals surface area (Å²) in [6.45, 7) is 7.82. The van der Waals surface area contributed by atoms with Gasteiger partial charge in [0.2, 0.25) is 0 Å². The van der Waals surface area contributed by atoms with Crippen molar-refractivity contribution in [2.75, 3.05) is 11.8 Å². The van der Waals surface area contributed by atoms with Gasteiger partial charge >= 0.3 is 0 Å². The van der Waals surface area contributed by atoms with Gasteiger partial charge in [0.15, 0.2) is 0 Å². The van der Waals surface area contributed by atoms with E-state index in [4.69, 9.17) is 4.74 Å². The van der Waals surface area contributed by atoms with Crippen molar-refractivity contribution in [1.29, 1.82) is 0 Å². The average molecular weight is 333 g/mol. The van der Waals surface area contributed by atoms with E-state index in [2.05, 4.69) is 4.72 Å². The Balaban J connectivity index is 2.45. The minimum absolute atomic E-state index is 0.227. The molecule has 2 rings (SSSR count). The van der Waals surface area contributed by atoms with E-state index in [1.54, 1.807) is 25.3 Å². The Hall–Kier alpha value is -2.01. The third-order valence-electron chi connectivity index (χ3n) is 3.84. The molecule has 23 heavy (non-hydrogen) atoms. The molecule has 0 spiro atoms. The van der Waals surface area contributed by atoms with Crippen LogP contribution in [0.2, 0.25) is 0 Å². The van der Waals surface area contributed by atoms with Crippen molar-refractivity contribution < 1.29 is 13.2 Å². The lowest BCUT2D eigenvalue weighted by Gasteiger charge is -2.18. The van der Waals surface area contributed by atoms with Crippen LogP contribution in [0.4, 0.5) is 5.69 Å². The first-order valence-electron chi connectivity index (χ1n) is 7.53. The summed E-state index contributed by atoms with van der Waals surface area (Å²) in [6.07, 6.45) is 0. The van der Waals surface area contributed by atoms with E-state index < -0.39 is 10.0 Å². The van der Waals surface area contributed by atoms with Gasteiger partial charge in [0, 0.05) is 0 Å². The number of nitrogens with one attached hydrogen (secondary N) is 1. The molecule has 5 heteroatoms. The normalized spacial score (nSPS) is 11.6. The Morgan fingerprint density at radius 1 is 1.04 bits per heavy atom. The Morgan fingerprint density at radius 3 is 2.30 bits per heavy atom. The fourth-order valence-electron chi connectivity index (χ4n) is 2.52. The van der Waals surface area contributed by atoms with Gasteiger partial charge in [0.05, 0.1) is 17.7 Å². The molecule has 0 aliphatic carbocycles. The molecule has 0 aromatic heterocycles. The van der Waals surface area contributed by atoms with Gasteiger partial charge in [0.25, 0.3) is 10.0 Å². The number of rotatable bonds is 5. The number of methoxy groups -OCH3 is 1. The fraction of sp³-hybridized carbons (Fsp3) is 0.333. The zero-order valence-electron chi connectivity index (χ0n) is 14.2. The van der Waals surface area contributed by atoms with Gasteiger partial charge in [-0.3, -0.25) is 4.72 Å². The highest BCUT2D eigenvalue weighted by Gasteiger charge is 2.19. The second kappa shape index (κ2) is 6.62. The molecular formula is C18H23NO3S. The molecule has 1 N–H and O–H groups in total. The molecule has 0 bridgehead atoms. The predicted molar refractivity (Wildman–Crippen MR) is 93.8 cm³/mol. The van der Waals surface area contributed by atoms with Crippen molar-refractivity contribution >= 4 is 15.7 Å². The van der Waals surface area contributed by atoms with Gasteiger partial charge in [-0.05, 0) is 54.7 Å². The Morgan fingerprint density at radius 2 is 1.74 bits per heavy atom. The molecule has 0 aliphatic heterocycles. The quantitative estimate of drug-likeness (QED) is 0.890. The van der Waals surface area contributed by atoms with Gasteiger partial charge in [0.1, 0.15) is 5.75 Å². The summed E-state index contributed by atoms with van der Waals surface area (Å²) in [5.41, 5.74) is 3.34. The van der Waals surface area contributed by atoms with Gasteiger partial charge in [-0.25, -0.2) is 8.42 Å². The summed E-state index contributed by atoms with van der Waals surface area (Å²) < 4.78 is 33.4. The molecule has 124 valence electrons. The van der Waals surface area contributed by atoms with E-state index in [-0.39, 0.29) is 10.8 Å². The maximum atomic E-state index is 12.7. The van der Waals surface area contributed by atoms with Crippen LogP contribution in [0.15, 0.2) is 41.3 Å². The first kappa shape index (κ1) is 17.3. The highest BCUT2D eigenvalue weighted by atomic mass is 32.2. The molecule has 0 saturated heterocycles. The number of sulfonamides is 1. The number of benzene rings is 2. The Kier molecular flexibility index (Phi) is 5.00. The van der Waals surface area contributed by atoms with E-state index in [0.29, 0.717) is 11.4 Å². The van der Waals surface area contributed by atoms with Crippen LogP contribution in [0.3, 0.4) is 0 Å². The molecule has 0 fully saturated rings. The largest absolute Gasteiger partial charge is 0.496 e. The van der Waals surface area contributed by atoms with Crippen molar-refractivity contribution in [2.45, 2.75) is 38.5 Å². The highest BCUT2D eigenvalue weighted by Crippen LogP contribution is 2.30. The van der Waals surface area contributed by atoms with E-state index >= 15 is 0 Å². The van der Waals surface area contributed by atoms with E-state index in [9.17, 15) is 8.42 Å². The first-order valence-corrected chi connectivity index (χ1v) is 9.01. The topological polar surface area (TPSA) is 55.4 Å². The van der Waals surface area contributed by atoms with E-state index in [0.717, 1.165) is 16.7 Å². The van der Waals surface area contributed by atoms with Crippen LogP contribution >= 0.6 is 0 Å². The summed E-state index contributed by atoms with van der Waals surface area (Å²) in [7, 11) is -2.08. The van der Waals surface area contributed by atoms with Crippen molar-refractivity contribution in [3.8, 4) is 5.75 Å². The summed E-state index contributed by atoms with van der Waals surface area (Å²) in [4.78, 5) is 0.230. The van der Waals surface area contributed by atoms with Crippen LogP contribution < -0.4 is 9.46 Å². The van der Waals surface area contributed by atoms with Crippen LogP contribution in [0.5, 0.6) is 5.75 Å². The zero-order valence-corrected chi connectivity index (χ0v) is 15.0. The molecule has 2 aromatic rings. The minimum Gasteiger partial charge on any atom is -0.496 e. The second-order valence-corrected chi connectivity index (χ2v) is 7.61. The molecule has 0 atom stereocenters. The lowest BCUT2D eigenvalue weighted by molar-refractivity contribution is 0.411. The maximum absolute atomic E-state index is 12.7. The van der Waals surface area contributed by atoms with Crippen molar-refractivity contribution in [3.05, 3.63) is 53.1 Å². The molecule has 2 aromatic carbocycles. The van der Waals surface area contributed by atoms with Crippen molar-refractivity contribution in [2.24, 2.45) is 0 Å². The molecule has 0 aliphatic rings. The summed E-state index contributed by atoms with van der Waals surface area (Å²) in [5.74, 6) is 0.896. The first-order chi connectivity index (χ1) is 10.8. The smallest absolute Gasteiger partial charge is 0.261 e. The van der Waals surface area contributed by atoms with Crippen LogP contribution in [0, 0.1) is 13.8 Å². The molecule has 0 amide bonds. The molecule has 0 heterocycles. The van der Waals surface area contributed by atoms with Crippen molar-refractivity contribution in [1.82, 2.24) is 0 Å². The molecule has 0 saturated carbocycles. The number of ether oxygens (including phenoxy) is 1. The number of hydrogen-bond acceptors (Lipinski definition) is 3. The molecular weight excluding hydrogens is 310 g/mol. The van der Waals surface area contributed by atoms with Gasteiger partial charge in [-0.15, -0.1) is 0 Å². The Labute approximate surface area is 138 Å². The monoisotopic (exact) mass is 333 g/mol. The standard InChI is InChI=1S/C18H23NO3S/c1-12(2)16-8-6-7-13(3)18(16)19-23(20,21)15-9-10-17(22-5)14(4)11-15/h6-12,19H,1-5H3. The molecule has 0 radical (unpaired) electrons. The Bertz CT molecular complexity index is 811. The van der Waals surface area contributed by atoms with Crippen LogP contribution in [0.1, 0.15) is 36.5 Å². The number of hydrogen-bond donors (Lipinski definition) is 1. The van der Waals surface area contributed by atoms with Gasteiger partial charge in [-0.2, -0.15) is 0 Å². The molecule has 0 unspecified atom stereocenters. The number of para-hydroxylation sites is 1. The third kappa shape index (κ3) is 3.67. The predicted octanol–water partition coefficient (Wildman–Crippen LogP) is 4.24. The van der Waals surface area contributed by atoms with E-state index in [1.807, 2.05) is 45.9 Å². The minimum atomic E-state index is -3.64. The van der Waals surface area contributed by atoms with Crippen LogP contribution in [0.25, 0.3) is 0 Å². The van der Waals surface area contributed by atoms with Gasteiger partial charge in [-0.1, -0.05) is 32.0 Å². The summed E-state index contributed by atoms with van der Waals surface area (Å²) in [5, 5.41) is 0. The maximum Gasteiger partial charge on any atom is 0.261 e. The summed E-state index contributed by atoms with van der Waals surface area (Å²) in [6, 6.07) is 10.7. The number of anilines is 1. The van der Waals surface area contributed by atoms with E-state index in [1.165, 1.54) is 0 Å². The van der Waals surface area contributed by atoms with Crippen LogP contribution in [-0.4, -0.2) is 15.5 Å². The second-order valence-electron chi connectivity index (χ2n) is 5.93. The average Bonchev–Trinajstić information content (AvgIpc) is 2.48. The van der Waals surface area contributed by atoms with Crippen LogP contribution in [-0.2, 0) is 10.0 Å². The molecule has 4 nitrogen and oxygen atoms in total. The van der Waals surface area contributed by atoms with Crippen molar-refractivity contribution in [3.63, 3.8) is 0 Å². The third-order valence-corrected chi connectivity index (χ3v) is 5.19. The summed E-state index contributed by atoms with van der Waals surface area (Å²) >= 11 is 0. The van der Waals surface area contributed by atoms with Gasteiger partial charge < -0.3 is 4.74 Å². The lowest BCUT2D eigenvalue weighted by atomic mass is 9.99. The highest BCUT2D eigenvalue weighted by molar-refractivity contribution is 7.92. The number of aryl methyl sites for hydroxylation is 2. The fourth-order valence-corrected chi connectivity index (χ4v) is 3.77. The lowest BCUT2D eigenvalue weighted by Crippen LogP contribution is -2.15.